The number of methoxy groups -OCH3 is 3. The van der Waals surface area contributed by atoms with Crippen LogP contribution in [0.2, 0.25) is 15.1 Å². The number of aromatic amines is 2. The van der Waals surface area contributed by atoms with Crippen molar-refractivity contribution in [3.05, 3.63) is 81.3 Å². The lowest BCUT2D eigenvalue weighted by molar-refractivity contribution is -0.337. The van der Waals surface area contributed by atoms with Gasteiger partial charge in [-0.2, -0.15) is 0 Å². The minimum atomic E-state index is -1.07. The normalized spacial score (nSPS) is 28.3. The van der Waals surface area contributed by atoms with Crippen LogP contribution in [0.4, 0.5) is 11.4 Å². The molecule has 0 atom stereocenters. The number of alkyl halides is 2. The van der Waals surface area contributed by atoms with Crippen molar-refractivity contribution in [1.82, 2.24) is 25.3 Å². The molecular formula is C47H63Cl5N8O3. The fourth-order valence-corrected chi connectivity index (χ4v) is 12.9. The molecule has 16 heteroatoms. The zero-order chi connectivity index (χ0) is 44.9. The van der Waals surface area contributed by atoms with Crippen LogP contribution in [0.3, 0.4) is 0 Å². The van der Waals surface area contributed by atoms with Crippen LogP contribution in [0, 0.1) is 35.5 Å². The number of anilines is 2. The van der Waals surface area contributed by atoms with E-state index in [2.05, 4.69) is 20.3 Å². The van der Waals surface area contributed by atoms with E-state index in [-0.39, 0.29) is 5.88 Å². The number of halogens is 5. The molecule has 63 heavy (non-hydrogen) atoms. The number of hydrogen-bond acceptors (Lipinski definition) is 9. The topological polar surface area (TPSA) is 175 Å². The summed E-state index contributed by atoms with van der Waals surface area (Å²) in [6.07, 6.45) is 17.2. The number of H-pyrrole nitrogens is 2. The van der Waals surface area contributed by atoms with Gasteiger partial charge in [0.1, 0.15) is 17.5 Å². The molecule has 8 bridgehead atoms. The zero-order valence-corrected chi connectivity index (χ0v) is 40.3. The molecule has 8 saturated carbocycles. The van der Waals surface area contributed by atoms with E-state index in [1.54, 1.807) is 18.2 Å². The van der Waals surface area contributed by atoms with Gasteiger partial charge in [0.05, 0.1) is 45.9 Å². The first-order valence-electron chi connectivity index (χ1n) is 22.0. The van der Waals surface area contributed by atoms with Crippen molar-refractivity contribution in [1.29, 1.82) is 0 Å². The molecule has 0 amide bonds. The molecule has 3 aromatic carbocycles. The molecule has 2 aromatic heterocycles. The number of aromatic nitrogens is 4. The average molecular weight is 965 g/mol. The Bertz CT molecular complexity index is 2190. The van der Waals surface area contributed by atoms with Gasteiger partial charge in [-0.25, -0.2) is 9.97 Å². The third-order valence-corrected chi connectivity index (χ3v) is 15.3. The van der Waals surface area contributed by atoms with E-state index in [9.17, 15) is 0 Å². The number of nitrogens with zero attached hydrogens (tertiary/aromatic N) is 2. The first-order valence-corrected chi connectivity index (χ1v) is 24.3. The van der Waals surface area contributed by atoms with Gasteiger partial charge in [0.15, 0.2) is 0 Å². The second-order valence-electron chi connectivity index (χ2n) is 18.9. The largest absolute Gasteiger partial charge is 0.397 e. The molecule has 8 aliphatic rings. The van der Waals surface area contributed by atoms with Gasteiger partial charge in [-0.1, -0.05) is 34.8 Å². The molecule has 0 unspecified atom stereocenters. The average Bonchev–Trinajstić information content (AvgIpc) is 3.85. The number of benzene rings is 3. The molecule has 0 radical (unpaired) electrons. The van der Waals surface area contributed by atoms with Crippen LogP contribution in [0.5, 0.6) is 0 Å². The van der Waals surface area contributed by atoms with Crippen LogP contribution in [0.15, 0.2) is 54.6 Å². The summed E-state index contributed by atoms with van der Waals surface area (Å²) >= 11 is 28.5. The highest BCUT2D eigenvalue weighted by Gasteiger charge is 2.51. The van der Waals surface area contributed by atoms with Crippen LogP contribution >= 0.6 is 58.0 Å². The van der Waals surface area contributed by atoms with Crippen LogP contribution in [-0.4, -0.2) is 64.2 Å². The molecule has 0 aliphatic heterocycles. The number of nitrogen functional groups attached to an aromatic ring is 2. The van der Waals surface area contributed by atoms with Crippen LogP contribution in [0.1, 0.15) is 88.7 Å². The van der Waals surface area contributed by atoms with Crippen molar-refractivity contribution in [2.24, 2.45) is 41.2 Å². The minimum absolute atomic E-state index is 0.149. The van der Waals surface area contributed by atoms with Gasteiger partial charge < -0.3 is 46.7 Å². The Morgan fingerprint density at radius 1 is 0.619 bits per heavy atom. The summed E-state index contributed by atoms with van der Waals surface area (Å²) in [6, 6.07) is 16.4. The summed E-state index contributed by atoms with van der Waals surface area (Å²) in [4.78, 5) is 15.4. The van der Waals surface area contributed by atoms with E-state index in [0.29, 0.717) is 38.4 Å². The molecule has 8 aliphatic carbocycles. The second kappa shape index (κ2) is 21.0. The molecule has 344 valence electrons. The lowest BCUT2D eigenvalue weighted by atomic mass is 9.53. The van der Waals surface area contributed by atoms with Crippen molar-refractivity contribution in [3.8, 4) is 0 Å². The van der Waals surface area contributed by atoms with E-state index in [0.717, 1.165) is 80.8 Å². The summed E-state index contributed by atoms with van der Waals surface area (Å²) in [6.45, 7) is 0.846. The van der Waals surface area contributed by atoms with Gasteiger partial charge in [0, 0.05) is 47.5 Å². The molecule has 0 saturated heterocycles. The maximum absolute atomic E-state index is 6.32. The number of ether oxygens (including phenoxy) is 3. The van der Waals surface area contributed by atoms with Crippen LogP contribution in [-0.2, 0) is 26.6 Å². The standard InChI is InChI=1S/C18H22ClN3.C10H17N.C8H6Cl2N2.C6H7ClN2.C5H11ClO3/c19-14-1-2-15-16(6-14)22-17(21-15)10-20-18-7-11-3-12(8-18)5-13(4-11)9-18;11-10-4-7-1-8(5-10)3-9(2-7)6-10;9-4-8-11-6-2-1-5(10)3-7(6)12-8;7-4-1-2-5(8)6(9)3-4;1-7-5(4-6,8-2)9-3/h1-2,6,11-13,20H,3-5,7-10H2,(H,21,22);7-9H,1-6,11H2;1-3H,4H2,(H,11,12);1-3H,8-9H2;4H2,1-3H3. The maximum Gasteiger partial charge on any atom is 0.296 e. The second-order valence-corrected chi connectivity index (χ2v) is 20.7. The highest BCUT2D eigenvalue weighted by molar-refractivity contribution is 6.31. The summed E-state index contributed by atoms with van der Waals surface area (Å²) in [7, 11) is 4.40. The number of nitrogens with two attached hydrogens (primary N) is 3. The predicted octanol–water partition coefficient (Wildman–Crippen LogP) is 11.5. The lowest BCUT2D eigenvalue weighted by Crippen LogP contribution is -2.58. The van der Waals surface area contributed by atoms with Crippen LogP contribution < -0.4 is 22.5 Å². The lowest BCUT2D eigenvalue weighted by Gasteiger charge is -2.57. The summed E-state index contributed by atoms with van der Waals surface area (Å²) in [5.41, 5.74) is 22.8. The van der Waals surface area contributed by atoms with E-state index in [1.165, 1.54) is 98.4 Å². The van der Waals surface area contributed by atoms with E-state index < -0.39 is 5.97 Å². The summed E-state index contributed by atoms with van der Waals surface area (Å²) in [5.74, 6) is 7.28. The number of hydrogen-bond donors (Lipinski definition) is 6. The Hall–Kier alpha value is -2.55. The first kappa shape index (κ1) is 48.4. The Balaban J connectivity index is 0.000000125. The van der Waals surface area contributed by atoms with Gasteiger partial charge in [-0.05, 0) is 167 Å². The molecular weight excluding hydrogens is 902 g/mol. The summed E-state index contributed by atoms with van der Waals surface area (Å²) in [5, 5.41) is 5.97. The Morgan fingerprint density at radius 3 is 1.41 bits per heavy atom. The number of nitrogens with one attached hydrogen (secondary N) is 3. The predicted molar refractivity (Wildman–Crippen MR) is 259 cm³/mol. The van der Waals surface area contributed by atoms with Gasteiger partial charge >= 0.3 is 0 Å². The quantitative estimate of drug-likeness (QED) is 0.0502. The highest BCUT2D eigenvalue weighted by Crippen LogP contribution is 2.56. The fourth-order valence-electron chi connectivity index (χ4n) is 12.0. The molecule has 11 nitrogen and oxygen atoms in total. The molecule has 5 aromatic rings. The third-order valence-electron chi connectivity index (χ3n) is 14.0. The summed E-state index contributed by atoms with van der Waals surface area (Å²) < 4.78 is 14.4. The molecule has 9 N–H and O–H groups in total. The van der Waals surface area contributed by atoms with Gasteiger partial charge in [0.2, 0.25) is 0 Å². The molecule has 0 spiro atoms. The van der Waals surface area contributed by atoms with Crippen LogP contribution in [0.25, 0.3) is 22.1 Å². The van der Waals surface area contributed by atoms with Crippen molar-refractivity contribution in [3.63, 3.8) is 0 Å². The SMILES string of the molecule is COC(CCl)(OC)OC.ClCc1nc2ccc(Cl)cc2[nH]1.Clc1ccc2nc(CNC34CC5CC(CC(C5)C3)C4)[nH]c2c1.NC12CC3CC(CC(C3)C1)C2.Nc1ccc(Cl)cc1N. The minimum Gasteiger partial charge on any atom is -0.397 e. The van der Waals surface area contributed by atoms with Gasteiger partial charge in [-0.3, -0.25) is 0 Å². The third kappa shape index (κ3) is 12.3. The van der Waals surface area contributed by atoms with Crippen molar-refractivity contribution in [2.45, 2.75) is 107 Å². The molecule has 13 rings (SSSR count). The van der Waals surface area contributed by atoms with Gasteiger partial charge in [0.25, 0.3) is 5.97 Å². The molecule has 8 fully saturated rings. The monoisotopic (exact) mass is 962 g/mol. The number of imidazole rings is 2. The Labute approximate surface area is 396 Å². The Kier molecular flexibility index (Phi) is 16.1. The van der Waals surface area contributed by atoms with Crippen molar-refractivity contribution < 1.29 is 14.2 Å². The number of fused-ring (bicyclic) bond motifs is 2. The Morgan fingerprint density at radius 2 is 1.03 bits per heavy atom. The fraction of sp³-hybridized carbons (Fsp3) is 0.574. The van der Waals surface area contributed by atoms with Crippen molar-refractivity contribution >= 4 is 91.4 Å². The molecule has 2 heterocycles. The highest BCUT2D eigenvalue weighted by atomic mass is 35.5. The van der Waals surface area contributed by atoms with Crippen molar-refractivity contribution in [2.75, 3.05) is 38.7 Å². The van der Waals surface area contributed by atoms with E-state index in [4.69, 9.17) is 94.4 Å². The van der Waals surface area contributed by atoms with E-state index >= 15 is 0 Å². The first-order chi connectivity index (χ1) is 30.1. The van der Waals surface area contributed by atoms with E-state index in [1.807, 2.05) is 36.4 Å². The maximum atomic E-state index is 6.32. The van der Waals surface area contributed by atoms with Gasteiger partial charge in [-0.15, -0.1) is 23.2 Å². The zero-order valence-electron chi connectivity index (χ0n) is 36.5. The smallest absolute Gasteiger partial charge is 0.296 e. The number of rotatable bonds is 8.